The van der Waals surface area contributed by atoms with Crippen molar-refractivity contribution in [3.63, 3.8) is 0 Å². The van der Waals surface area contributed by atoms with Crippen molar-refractivity contribution in [1.29, 1.82) is 0 Å². The molecule has 5 heteroatoms. The predicted molar refractivity (Wildman–Crippen MR) is 79.9 cm³/mol. The third-order valence-electron chi connectivity index (χ3n) is 2.83. The summed E-state index contributed by atoms with van der Waals surface area (Å²) in [7, 11) is 0. The van der Waals surface area contributed by atoms with Gasteiger partial charge in [-0.15, -0.1) is 0 Å². The minimum Gasteiger partial charge on any atom is -0.506 e. The number of rotatable bonds is 4. The molecule has 0 radical (unpaired) electrons. The van der Waals surface area contributed by atoms with Crippen LogP contribution in [0.2, 0.25) is 5.02 Å². The van der Waals surface area contributed by atoms with Crippen LogP contribution in [0.25, 0.3) is 6.08 Å². The highest BCUT2D eigenvalue weighted by molar-refractivity contribution is 6.30. The average molecular weight is 303 g/mol. The molecule has 0 spiro atoms. The van der Waals surface area contributed by atoms with E-state index < -0.39 is 17.5 Å². The molecular weight excluding hydrogens is 292 g/mol. The molecule has 2 N–H and O–H groups in total. The van der Waals surface area contributed by atoms with Crippen molar-refractivity contribution < 1.29 is 19.8 Å². The van der Waals surface area contributed by atoms with Crippen molar-refractivity contribution >= 4 is 29.4 Å². The number of hydrogen-bond donors (Lipinski definition) is 2. The Morgan fingerprint density at radius 3 is 2.24 bits per heavy atom. The largest absolute Gasteiger partial charge is 0.506 e. The normalized spacial score (nSPS) is 10.7. The highest BCUT2D eigenvalue weighted by Gasteiger charge is 2.16. The first-order chi connectivity index (χ1) is 9.99. The number of carboxylic acids is 1. The molecule has 0 aliphatic carbocycles. The molecule has 0 aliphatic heterocycles. The monoisotopic (exact) mass is 302 g/mol. The lowest BCUT2D eigenvalue weighted by molar-refractivity contribution is 0.0693. The van der Waals surface area contributed by atoms with Crippen LogP contribution in [0.5, 0.6) is 5.75 Å². The van der Waals surface area contributed by atoms with Crippen molar-refractivity contribution in [3.8, 4) is 5.75 Å². The Hall–Kier alpha value is -2.59. The molecule has 0 heterocycles. The van der Waals surface area contributed by atoms with Crippen LogP contribution in [0.1, 0.15) is 26.3 Å². The van der Waals surface area contributed by atoms with Gasteiger partial charge in [-0.2, -0.15) is 0 Å². The summed E-state index contributed by atoms with van der Waals surface area (Å²) < 4.78 is 0. The number of hydrogen-bond acceptors (Lipinski definition) is 3. The van der Waals surface area contributed by atoms with Crippen LogP contribution in [0.3, 0.4) is 0 Å². The van der Waals surface area contributed by atoms with E-state index in [2.05, 4.69) is 0 Å². The molecule has 0 saturated carbocycles. The summed E-state index contributed by atoms with van der Waals surface area (Å²) in [5, 5.41) is 19.3. The lowest BCUT2D eigenvalue weighted by Gasteiger charge is -2.03. The maximum absolute atomic E-state index is 12.0. The Kier molecular flexibility index (Phi) is 4.40. The van der Waals surface area contributed by atoms with E-state index in [0.717, 1.165) is 5.56 Å². The molecule has 2 aromatic rings. The smallest absolute Gasteiger partial charge is 0.339 e. The van der Waals surface area contributed by atoms with Gasteiger partial charge in [-0.1, -0.05) is 35.9 Å². The van der Waals surface area contributed by atoms with Crippen LogP contribution in [-0.2, 0) is 0 Å². The highest BCUT2D eigenvalue weighted by atomic mass is 35.5. The molecule has 0 bridgehead atoms. The molecule has 106 valence electrons. The van der Waals surface area contributed by atoms with E-state index in [9.17, 15) is 14.7 Å². The second-order valence-electron chi connectivity index (χ2n) is 4.26. The molecule has 0 saturated heterocycles. The van der Waals surface area contributed by atoms with E-state index in [0.29, 0.717) is 5.02 Å². The molecule has 21 heavy (non-hydrogen) atoms. The summed E-state index contributed by atoms with van der Waals surface area (Å²) >= 11 is 5.76. The van der Waals surface area contributed by atoms with Crippen LogP contribution in [0, 0.1) is 0 Å². The highest BCUT2D eigenvalue weighted by Crippen LogP contribution is 2.23. The van der Waals surface area contributed by atoms with Crippen LogP contribution >= 0.6 is 11.6 Å². The number of carbonyl (C=O) groups excluding carboxylic acids is 1. The number of aromatic hydroxyl groups is 1. The Bertz CT molecular complexity index is 718. The summed E-state index contributed by atoms with van der Waals surface area (Å²) in [6, 6.07) is 10.9. The zero-order chi connectivity index (χ0) is 15.4. The lowest BCUT2D eigenvalue weighted by atomic mass is 10.0. The lowest BCUT2D eigenvalue weighted by Crippen LogP contribution is -2.02. The molecule has 0 fully saturated rings. The fraction of sp³-hybridized carbons (Fsp3) is 0. The van der Waals surface area contributed by atoms with Gasteiger partial charge in [-0.25, -0.2) is 4.79 Å². The zero-order valence-corrected chi connectivity index (χ0v) is 11.5. The van der Waals surface area contributed by atoms with Crippen molar-refractivity contribution in [2.45, 2.75) is 0 Å². The first-order valence-corrected chi connectivity index (χ1v) is 6.40. The van der Waals surface area contributed by atoms with Crippen LogP contribution < -0.4 is 0 Å². The van der Waals surface area contributed by atoms with Crippen molar-refractivity contribution in [2.75, 3.05) is 0 Å². The van der Waals surface area contributed by atoms with Gasteiger partial charge in [0.1, 0.15) is 11.3 Å². The molecule has 0 aromatic heterocycles. The number of carbonyl (C=O) groups is 2. The van der Waals surface area contributed by atoms with Crippen LogP contribution in [0.15, 0.2) is 48.5 Å². The predicted octanol–water partition coefficient (Wildman–Crippen LogP) is 3.64. The van der Waals surface area contributed by atoms with Gasteiger partial charge in [0.05, 0.1) is 5.56 Å². The first-order valence-electron chi connectivity index (χ1n) is 6.02. The topological polar surface area (TPSA) is 74.6 Å². The molecule has 0 amide bonds. The van der Waals surface area contributed by atoms with E-state index in [1.54, 1.807) is 30.3 Å². The molecule has 4 nitrogen and oxygen atoms in total. The minimum atomic E-state index is -1.29. The summed E-state index contributed by atoms with van der Waals surface area (Å²) in [4.78, 5) is 22.9. The summed E-state index contributed by atoms with van der Waals surface area (Å²) in [5.41, 5.74) is 0.405. The van der Waals surface area contributed by atoms with Gasteiger partial charge in [-0.05, 0) is 35.9 Å². The standard InChI is InChI=1S/C16H11ClO4/c17-11-7-4-10(5-8-11)6-9-14(18)12-2-1-3-13(15(12)19)16(20)21/h1-9,19H,(H,20,21)/b9-6+. The number of phenols is 1. The summed E-state index contributed by atoms with van der Waals surface area (Å²) in [6.07, 6.45) is 2.83. The quantitative estimate of drug-likeness (QED) is 0.668. The Balaban J connectivity index is 2.26. The second-order valence-corrected chi connectivity index (χ2v) is 4.69. The van der Waals surface area contributed by atoms with Gasteiger partial charge < -0.3 is 10.2 Å². The number of para-hydroxylation sites is 1. The third-order valence-corrected chi connectivity index (χ3v) is 3.08. The van der Waals surface area contributed by atoms with Gasteiger partial charge in [-0.3, -0.25) is 4.79 Å². The minimum absolute atomic E-state index is 0.0555. The van der Waals surface area contributed by atoms with E-state index in [1.165, 1.54) is 24.3 Å². The van der Waals surface area contributed by atoms with Gasteiger partial charge in [0.25, 0.3) is 0 Å². The zero-order valence-electron chi connectivity index (χ0n) is 10.8. The Labute approximate surface area is 125 Å². The van der Waals surface area contributed by atoms with E-state index >= 15 is 0 Å². The SMILES string of the molecule is O=C(O)c1cccc(C(=O)/C=C/c2ccc(Cl)cc2)c1O. The van der Waals surface area contributed by atoms with E-state index in [4.69, 9.17) is 16.7 Å². The fourth-order valence-electron chi connectivity index (χ4n) is 1.75. The maximum atomic E-state index is 12.0. The number of ketones is 1. The van der Waals surface area contributed by atoms with E-state index in [1.807, 2.05) is 0 Å². The Morgan fingerprint density at radius 2 is 1.62 bits per heavy atom. The van der Waals surface area contributed by atoms with Gasteiger partial charge >= 0.3 is 5.97 Å². The number of allylic oxidation sites excluding steroid dienone is 1. The van der Waals surface area contributed by atoms with E-state index in [-0.39, 0.29) is 11.1 Å². The number of benzene rings is 2. The average Bonchev–Trinajstić information content (AvgIpc) is 2.46. The van der Waals surface area contributed by atoms with Crippen molar-refractivity contribution in [2.24, 2.45) is 0 Å². The van der Waals surface area contributed by atoms with Gasteiger partial charge in [0, 0.05) is 5.02 Å². The van der Waals surface area contributed by atoms with Crippen LogP contribution in [0.4, 0.5) is 0 Å². The van der Waals surface area contributed by atoms with Gasteiger partial charge in [0.15, 0.2) is 5.78 Å². The molecular formula is C16H11ClO4. The Morgan fingerprint density at radius 1 is 1.00 bits per heavy atom. The summed E-state index contributed by atoms with van der Waals surface area (Å²) in [5.74, 6) is -2.30. The molecule has 0 atom stereocenters. The molecule has 2 aromatic carbocycles. The molecule has 0 unspecified atom stereocenters. The number of halogens is 1. The summed E-state index contributed by atoms with van der Waals surface area (Å²) in [6.45, 7) is 0. The molecule has 0 aliphatic rings. The molecule has 2 rings (SSSR count). The van der Waals surface area contributed by atoms with Crippen molar-refractivity contribution in [3.05, 3.63) is 70.3 Å². The maximum Gasteiger partial charge on any atom is 0.339 e. The second kappa shape index (κ2) is 6.24. The van der Waals surface area contributed by atoms with Gasteiger partial charge in [0.2, 0.25) is 0 Å². The third kappa shape index (κ3) is 3.49. The van der Waals surface area contributed by atoms with Crippen molar-refractivity contribution in [1.82, 2.24) is 0 Å². The number of aromatic carboxylic acids is 1. The first kappa shape index (κ1) is 14.8. The number of carboxylic acid groups (broad SMARTS) is 1. The van der Waals surface area contributed by atoms with Crippen LogP contribution in [-0.4, -0.2) is 22.0 Å². The fourth-order valence-corrected chi connectivity index (χ4v) is 1.88.